The van der Waals surface area contributed by atoms with Gasteiger partial charge < -0.3 is 21.3 Å². The number of carbonyl (C=O) groups is 4. The monoisotopic (exact) mass is 2030 g/mol. The van der Waals surface area contributed by atoms with E-state index < -0.39 is 51.8 Å². The number of anilines is 8. The third kappa shape index (κ3) is 23.2. The molecule has 4 aliphatic rings. The summed E-state index contributed by atoms with van der Waals surface area (Å²) in [5.74, 6) is -1.81. The Morgan fingerprint density at radius 3 is 0.951 bits per heavy atom. The Kier molecular flexibility index (Phi) is 30.9. The molecule has 8 heterocycles. The van der Waals surface area contributed by atoms with E-state index in [0.717, 1.165) is 156 Å². The van der Waals surface area contributed by atoms with Gasteiger partial charge in [-0.2, -0.15) is 0 Å². The van der Waals surface area contributed by atoms with Crippen molar-refractivity contribution >= 4 is 176 Å². The van der Waals surface area contributed by atoms with Gasteiger partial charge in [0.25, 0.3) is 23.6 Å². The topological polar surface area (TPSA) is 317 Å². The van der Waals surface area contributed by atoms with Gasteiger partial charge in [0.05, 0.1) is 89.7 Å². The van der Waals surface area contributed by atoms with Crippen molar-refractivity contribution in [1.82, 2.24) is 19.9 Å². The fourth-order valence-electron chi connectivity index (χ4n) is 18.3. The number of hydrogen-bond acceptors (Lipinski definition) is 16. The van der Waals surface area contributed by atoms with Crippen LogP contribution in [0, 0.1) is 33.5 Å². The molecular formula is C112H105Cl2FN12O12S4. The summed E-state index contributed by atoms with van der Waals surface area (Å²) in [4.78, 5) is 70.6. The number of fused-ring (bicyclic) bond motifs is 4. The minimum atomic E-state index is -3.50. The lowest BCUT2D eigenvalue weighted by Gasteiger charge is -2.23. The van der Waals surface area contributed by atoms with E-state index in [1.54, 1.807) is 104 Å². The minimum absolute atomic E-state index is 0.0399. The van der Waals surface area contributed by atoms with Crippen LogP contribution in [0.2, 0.25) is 10.0 Å². The average Bonchev–Trinajstić information content (AvgIpc) is 1.39. The molecule has 4 saturated heterocycles. The molecule has 4 aromatic heterocycles. The van der Waals surface area contributed by atoms with Crippen molar-refractivity contribution in [1.29, 1.82) is 0 Å². The Morgan fingerprint density at radius 1 is 0.280 bits per heavy atom. The van der Waals surface area contributed by atoms with Crippen molar-refractivity contribution in [3.05, 3.63) is 358 Å². The van der Waals surface area contributed by atoms with Crippen LogP contribution in [0.25, 0.3) is 88.1 Å². The summed E-state index contributed by atoms with van der Waals surface area (Å²) in [6.07, 6.45) is 16.3. The number of hydrogen-bond donors (Lipinski definition) is 4. The maximum absolute atomic E-state index is 15.0. The van der Waals surface area contributed by atoms with Crippen LogP contribution < -0.4 is 38.5 Å². The van der Waals surface area contributed by atoms with Gasteiger partial charge in [-0.1, -0.05) is 164 Å². The van der Waals surface area contributed by atoms with Crippen molar-refractivity contribution < 1.29 is 57.2 Å². The first-order chi connectivity index (χ1) is 68.9. The average molecular weight is 2030 g/mol. The summed E-state index contributed by atoms with van der Waals surface area (Å²) >= 11 is 13.0. The van der Waals surface area contributed by atoms with Crippen LogP contribution in [0.15, 0.2) is 298 Å². The van der Waals surface area contributed by atoms with Gasteiger partial charge in [0.1, 0.15) is 5.82 Å². The Balaban J connectivity index is 0.000000131. The molecule has 4 aliphatic heterocycles. The SMILES string of the molecule is Cc1cc(N2CCCCCS2(=O)=O)ccc1C(=O)Nc1ccc(Cl)c(-c2nccc3ccccc23)c1.Cc1ccc(NC(=O)c2ccc(N3CCCCCS3(=O)=O)cc2)cc1-c1nccc2ccccc12.Cc1ccc(NC(=O)c2ccc(N3CCCCCS3(=O)=O)cc2Cl)cc1-c1nccc2ccccc12.Cc1ccc(NC(=O)c2ccc(N3CCCCCS3(=O)=O)cc2F)cc1-c1nccc2ccccc12. The number of aromatic nitrogens is 4. The number of amides is 4. The van der Waals surface area contributed by atoms with Gasteiger partial charge in [-0.15, -0.1) is 0 Å². The molecule has 20 rings (SSSR count). The number of nitrogens with zero attached hydrogens (tertiary/aromatic N) is 8. The molecular weight excluding hydrogens is 1920 g/mol. The van der Waals surface area contributed by atoms with Gasteiger partial charge in [0.2, 0.25) is 40.1 Å². The lowest BCUT2D eigenvalue weighted by atomic mass is 9.99. The van der Waals surface area contributed by atoms with Crippen molar-refractivity contribution in [2.45, 2.75) is 105 Å². The van der Waals surface area contributed by atoms with Crippen LogP contribution in [-0.2, 0) is 40.1 Å². The molecule has 4 N–H and O–H groups in total. The second-order valence-electron chi connectivity index (χ2n) is 35.8. The number of nitrogens with one attached hydrogen (secondary N) is 4. The normalized spacial score (nSPS) is 15.5. The molecule has 0 atom stereocenters. The highest BCUT2D eigenvalue weighted by Gasteiger charge is 2.32. The summed E-state index contributed by atoms with van der Waals surface area (Å²) in [5, 5.41) is 20.7. The van der Waals surface area contributed by atoms with Crippen LogP contribution in [0.3, 0.4) is 0 Å². The minimum Gasteiger partial charge on any atom is -0.322 e. The summed E-state index contributed by atoms with van der Waals surface area (Å²) in [5.41, 5.74) is 15.9. The van der Waals surface area contributed by atoms with Crippen LogP contribution in [0.4, 0.5) is 49.9 Å². The second kappa shape index (κ2) is 44.0. The number of benzene rings is 12. The molecule has 0 bridgehead atoms. The molecule has 0 spiro atoms. The molecule has 0 aliphatic carbocycles. The van der Waals surface area contributed by atoms with Gasteiger partial charge in [-0.3, -0.25) is 56.3 Å². The number of halogens is 3. The number of aryl methyl sites for hydroxylation is 4. The van der Waals surface area contributed by atoms with Crippen LogP contribution in [-0.4, -0.2) is 126 Å². The molecule has 4 amide bonds. The zero-order valence-electron chi connectivity index (χ0n) is 79.2. The summed E-state index contributed by atoms with van der Waals surface area (Å²) in [6, 6.07) is 82.8. The fourth-order valence-corrected chi connectivity index (χ4v) is 25.3. The lowest BCUT2D eigenvalue weighted by Crippen LogP contribution is -2.32. The van der Waals surface area contributed by atoms with Crippen molar-refractivity contribution in [2.75, 3.05) is 87.7 Å². The molecule has 0 unspecified atom stereocenters. The van der Waals surface area contributed by atoms with E-state index >= 15 is 4.39 Å². The van der Waals surface area contributed by atoms with Gasteiger partial charge in [-0.05, 0) is 281 Å². The summed E-state index contributed by atoms with van der Waals surface area (Å²) in [6.45, 7) is 9.48. The fraction of sp³-hybridized carbons (Fsp3) is 0.214. The predicted octanol–water partition coefficient (Wildman–Crippen LogP) is 24.6. The van der Waals surface area contributed by atoms with E-state index in [9.17, 15) is 52.8 Å². The van der Waals surface area contributed by atoms with Crippen LogP contribution >= 0.6 is 23.2 Å². The van der Waals surface area contributed by atoms with Crippen molar-refractivity contribution in [3.8, 4) is 45.0 Å². The molecule has 730 valence electrons. The van der Waals surface area contributed by atoms with Gasteiger partial charge in [0.15, 0.2) is 0 Å². The molecule has 143 heavy (non-hydrogen) atoms. The third-order valence-electron chi connectivity index (χ3n) is 26.0. The van der Waals surface area contributed by atoms with E-state index in [4.69, 9.17) is 23.2 Å². The first-order valence-corrected chi connectivity index (χ1v) is 54.7. The predicted molar refractivity (Wildman–Crippen MR) is 575 cm³/mol. The lowest BCUT2D eigenvalue weighted by molar-refractivity contribution is 0.101. The standard InChI is InChI=1S/2C28H26ClN3O3S.C28H26FN3O3S.C28H27N3O3S/c1-19-17-22(32-15-5-2-6-16-36(32,34)35)10-11-23(19)28(33)31-21-9-12-26(29)25(18-21)27-24-8-4-3-7-20(24)13-14-30-27;2*1-19-9-10-21(17-25(19)27-23-8-4-3-7-20(23)13-14-30-27)31-28(33)24-12-11-22(18-26(24)29)32-15-5-2-6-16-36(32,34)35;1-20-9-12-23(19-26(20)27-25-8-4-3-7-21(25)15-16-29-27)30-28(32)22-10-13-24(14-11-22)31-17-5-2-6-18-35(31,33)34/h3*3-4,7-14,17-18H,2,5-6,15-16H2,1H3,(H,31,33);3-4,7-16,19H,2,5-6,17-18H2,1H3,(H,30,32). The zero-order valence-corrected chi connectivity index (χ0v) is 84.0. The van der Waals surface area contributed by atoms with Crippen LogP contribution in [0.5, 0.6) is 0 Å². The van der Waals surface area contributed by atoms with E-state index in [1.165, 1.54) is 29.4 Å². The van der Waals surface area contributed by atoms with Gasteiger partial charge in [-0.25, -0.2) is 38.1 Å². The quantitative estimate of drug-likeness (QED) is 0.0698. The maximum Gasteiger partial charge on any atom is 0.258 e. The summed E-state index contributed by atoms with van der Waals surface area (Å²) in [7, 11) is -13.6. The number of rotatable bonds is 16. The number of sulfonamides is 4. The van der Waals surface area contributed by atoms with E-state index in [0.29, 0.717) is 120 Å². The Morgan fingerprint density at radius 2 is 0.580 bits per heavy atom. The van der Waals surface area contributed by atoms with E-state index in [-0.39, 0.29) is 62.6 Å². The Hall–Kier alpha value is -14.3. The van der Waals surface area contributed by atoms with Crippen molar-refractivity contribution in [3.63, 3.8) is 0 Å². The molecule has 12 aromatic carbocycles. The smallest absolute Gasteiger partial charge is 0.258 e. The van der Waals surface area contributed by atoms with E-state index in [2.05, 4.69) is 53.3 Å². The maximum atomic E-state index is 15.0. The van der Waals surface area contributed by atoms with E-state index in [1.807, 2.05) is 191 Å². The molecule has 16 aromatic rings. The van der Waals surface area contributed by atoms with Crippen LogP contribution in [0.1, 0.15) is 141 Å². The third-order valence-corrected chi connectivity index (χ3v) is 34.1. The number of carbonyl (C=O) groups excluding carboxylic acids is 4. The highest BCUT2D eigenvalue weighted by molar-refractivity contribution is 7.93. The Bertz CT molecular complexity index is 7510. The number of pyridine rings is 4. The Labute approximate surface area is 842 Å². The molecule has 24 nitrogen and oxygen atoms in total. The molecule has 0 radical (unpaired) electrons. The largest absolute Gasteiger partial charge is 0.322 e. The second-order valence-corrected chi connectivity index (χ2v) is 44.7. The molecule has 31 heteroatoms. The first-order valence-electron chi connectivity index (χ1n) is 47.5. The highest BCUT2D eigenvalue weighted by Crippen LogP contribution is 2.40. The zero-order chi connectivity index (χ0) is 100. The summed E-state index contributed by atoms with van der Waals surface area (Å²) < 4.78 is 121. The van der Waals surface area contributed by atoms with Gasteiger partial charge in [0, 0.05) is 129 Å². The molecule has 0 saturated carbocycles. The van der Waals surface area contributed by atoms with Gasteiger partial charge >= 0.3 is 0 Å². The highest BCUT2D eigenvalue weighted by atomic mass is 35.5. The molecule has 4 fully saturated rings. The van der Waals surface area contributed by atoms with Crippen molar-refractivity contribution in [2.24, 2.45) is 0 Å². The first kappa shape index (κ1) is 100.